The van der Waals surface area contributed by atoms with Gasteiger partial charge in [0.25, 0.3) is 0 Å². The summed E-state index contributed by atoms with van der Waals surface area (Å²) in [5.74, 6) is -0.981. The lowest BCUT2D eigenvalue weighted by molar-refractivity contribution is -0.274. The molecule has 5 rings (SSSR count). The fourth-order valence-electron chi connectivity index (χ4n) is 6.37. The summed E-state index contributed by atoms with van der Waals surface area (Å²) in [6.07, 6.45) is -9.98. The number of hydrogen-bond acceptors (Lipinski definition) is 9. The van der Waals surface area contributed by atoms with Crippen LogP contribution in [0.1, 0.15) is 32.3 Å². The molecule has 4 aliphatic rings. The number of ether oxygens (including phenoxy) is 3. The molecule has 1 aromatic rings. The number of aliphatic hydroxyl groups excluding tert-OH is 2. The van der Waals surface area contributed by atoms with Crippen LogP contribution >= 0.6 is 0 Å². The van der Waals surface area contributed by atoms with Gasteiger partial charge in [0.1, 0.15) is 24.1 Å². The number of nitrogens with zero attached hydrogens (tertiary/aromatic N) is 3. The van der Waals surface area contributed by atoms with Gasteiger partial charge in [0.2, 0.25) is 11.8 Å². The summed E-state index contributed by atoms with van der Waals surface area (Å²) in [5, 5.41) is 27.2. The molecule has 0 aromatic heterocycles. The van der Waals surface area contributed by atoms with E-state index >= 15 is 0 Å². The molecule has 45 heavy (non-hydrogen) atoms. The number of carbonyl (C=O) groups is 3. The third kappa shape index (κ3) is 8.35. The van der Waals surface area contributed by atoms with Gasteiger partial charge in [-0.15, -0.1) is 13.2 Å². The zero-order valence-electron chi connectivity index (χ0n) is 25.1. The Hall–Kier alpha value is -3.18. The van der Waals surface area contributed by atoms with Crippen molar-refractivity contribution < 1.29 is 52.0 Å². The number of halogens is 3. The number of amides is 4. The molecule has 0 aliphatic carbocycles. The molecule has 16 heteroatoms. The average molecular weight is 644 g/mol. The number of alkyl halides is 3. The number of urea groups is 1. The largest absolute Gasteiger partial charge is 0.573 e. The van der Waals surface area contributed by atoms with Crippen LogP contribution in [0.3, 0.4) is 0 Å². The van der Waals surface area contributed by atoms with Gasteiger partial charge in [-0.05, 0) is 38.0 Å². The molecule has 0 radical (unpaired) electrons. The summed E-state index contributed by atoms with van der Waals surface area (Å²) in [6, 6.07) is 3.71. The van der Waals surface area contributed by atoms with E-state index in [2.05, 4.69) is 15.4 Å². The van der Waals surface area contributed by atoms with Crippen LogP contribution in [0.25, 0.3) is 0 Å². The molecule has 4 fully saturated rings. The van der Waals surface area contributed by atoms with Crippen molar-refractivity contribution in [2.75, 3.05) is 39.3 Å². The molecule has 4 amide bonds. The molecular formula is C29H40F3N5O8. The van der Waals surface area contributed by atoms with E-state index in [4.69, 9.17) is 9.47 Å². The second kappa shape index (κ2) is 13.7. The first-order valence-corrected chi connectivity index (χ1v) is 15.1. The van der Waals surface area contributed by atoms with E-state index in [9.17, 15) is 37.8 Å². The fourth-order valence-corrected chi connectivity index (χ4v) is 6.37. The molecule has 1 aromatic carbocycles. The molecule has 250 valence electrons. The van der Waals surface area contributed by atoms with E-state index in [0.29, 0.717) is 18.7 Å². The summed E-state index contributed by atoms with van der Waals surface area (Å²) in [7, 11) is 0. The van der Waals surface area contributed by atoms with Crippen LogP contribution in [-0.2, 0) is 25.6 Å². The van der Waals surface area contributed by atoms with Crippen LogP contribution in [0.5, 0.6) is 5.75 Å². The minimum atomic E-state index is -4.82. The highest BCUT2D eigenvalue weighted by atomic mass is 19.4. The van der Waals surface area contributed by atoms with Gasteiger partial charge in [-0.3, -0.25) is 14.5 Å². The second-order valence-corrected chi connectivity index (χ2v) is 12.3. The van der Waals surface area contributed by atoms with Crippen LogP contribution in [0, 0.1) is 0 Å². The van der Waals surface area contributed by atoms with E-state index in [0.717, 1.165) is 0 Å². The Morgan fingerprint density at radius 2 is 1.80 bits per heavy atom. The summed E-state index contributed by atoms with van der Waals surface area (Å²) in [5.41, 5.74) is 0.648. The number of benzene rings is 1. The SMILES string of the molecule is CC(C)NC(=O)N1C[C@@H]2CN(CCO2)C(=O)[C@@H]2C[C@@H](CN2Cc2ccc(OC(F)(F)F)cc2)NC(=O)C[C@@H]2O[C@H](C1)[C@@H](O)[C@H]2O. The van der Waals surface area contributed by atoms with E-state index in [1.54, 1.807) is 18.7 Å². The highest BCUT2D eigenvalue weighted by molar-refractivity contribution is 5.83. The molecule has 6 bridgehead atoms. The number of rotatable bonds is 4. The van der Waals surface area contributed by atoms with Crippen molar-refractivity contribution in [2.24, 2.45) is 0 Å². The number of nitrogens with one attached hydrogen (secondary N) is 2. The summed E-state index contributed by atoms with van der Waals surface area (Å²) in [4.78, 5) is 45.1. The number of aliphatic hydroxyl groups is 2. The zero-order chi connectivity index (χ0) is 32.5. The number of morpholine rings is 1. The van der Waals surface area contributed by atoms with Crippen molar-refractivity contribution in [1.82, 2.24) is 25.3 Å². The van der Waals surface area contributed by atoms with Crippen LogP contribution < -0.4 is 15.4 Å². The number of likely N-dealkylation sites (tertiary alicyclic amines) is 1. The van der Waals surface area contributed by atoms with Crippen LogP contribution in [0.15, 0.2) is 24.3 Å². The molecule has 4 saturated heterocycles. The van der Waals surface area contributed by atoms with Crippen LogP contribution in [-0.4, -0.2) is 137 Å². The first kappa shape index (κ1) is 33.2. The monoisotopic (exact) mass is 643 g/mol. The first-order chi connectivity index (χ1) is 21.3. The Bertz CT molecular complexity index is 1220. The number of carbonyl (C=O) groups excluding carboxylic acids is 3. The number of fused-ring (bicyclic) bond motifs is 6. The summed E-state index contributed by atoms with van der Waals surface area (Å²) in [6.45, 7) is 4.86. The second-order valence-electron chi connectivity index (χ2n) is 12.3. The third-order valence-electron chi connectivity index (χ3n) is 8.42. The maximum absolute atomic E-state index is 14.0. The highest BCUT2D eigenvalue weighted by Gasteiger charge is 2.46. The van der Waals surface area contributed by atoms with Crippen molar-refractivity contribution in [3.8, 4) is 5.75 Å². The normalized spacial score (nSPS) is 31.7. The molecule has 0 spiro atoms. The standard InChI is InChI=1S/C29H40F3N5O8/c1-16(2)33-28(42)37-14-20-13-35(7-8-43-20)27(41)21-9-18(34-24(38)10-22-25(39)26(40)23(15-37)44-22)12-36(21)11-17-3-5-19(6-4-17)45-29(30,31)32/h3-6,16,18,20-23,25-26,39-40H,7-15H2,1-2H3,(H,33,42)(H,34,38)/t18-,20-,21-,22-,23+,25-,26+/m0/s1. The van der Waals surface area contributed by atoms with Gasteiger partial charge in [-0.25, -0.2) is 4.79 Å². The summed E-state index contributed by atoms with van der Waals surface area (Å²) < 4.78 is 53.7. The minimum Gasteiger partial charge on any atom is -0.406 e. The van der Waals surface area contributed by atoms with Gasteiger partial charge in [0.15, 0.2) is 0 Å². The van der Waals surface area contributed by atoms with Gasteiger partial charge >= 0.3 is 12.4 Å². The minimum absolute atomic E-state index is 0.0749. The molecule has 0 saturated carbocycles. The quantitative estimate of drug-likeness (QED) is 0.360. The molecule has 4 heterocycles. The van der Waals surface area contributed by atoms with Crippen molar-refractivity contribution in [2.45, 2.75) is 88.2 Å². The van der Waals surface area contributed by atoms with Gasteiger partial charge < -0.3 is 44.9 Å². The Balaban J connectivity index is 1.38. The van der Waals surface area contributed by atoms with E-state index in [1.807, 2.05) is 4.90 Å². The Morgan fingerprint density at radius 1 is 1.09 bits per heavy atom. The van der Waals surface area contributed by atoms with Crippen LogP contribution in [0.2, 0.25) is 0 Å². The lowest BCUT2D eigenvalue weighted by Crippen LogP contribution is -2.56. The lowest BCUT2D eigenvalue weighted by Gasteiger charge is -2.38. The third-order valence-corrected chi connectivity index (χ3v) is 8.42. The Morgan fingerprint density at radius 3 is 2.49 bits per heavy atom. The Labute approximate surface area is 258 Å². The van der Waals surface area contributed by atoms with Crippen molar-refractivity contribution in [1.29, 1.82) is 0 Å². The van der Waals surface area contributed by atoms with Gasteiger partial charge in [0, 0.05) is 38.3 Å². The van der Waals surface area contributed by atoms with Crippen molar-refractivity contribution in [3.63, 3.8) is 0 Å². The van der Waals surface area contributed by atoms with E-state index < -0.39 is 60.9 Å². The van der Waals surface area contributed by atoms with Gasteiger partial charge in [-0.1, -0.05) is 12.1 Å². The zero-order valence-corrected chi connectivity index (χ0v) is 25.1. The van der Waals surface area contributed by atoms with E-state index in [1.165, 1.54) is 29.2 Å². The molecule has 0 unspecified atom stereocenters. The van der Waals surface area contributed by atoms with Gasteiger partial charge in [0.05, 0.1) is 44.4 Å². The topological polar surface area (TPSA) is 153 Å². The van der Waals surface area contributed by atoms with Crippen molar-refractivity contribution >= 4 is 17.8 Å². The molecular weight excluding hydrogens is 603 g/mol. The smallest absolute Gasteiger partial charge is 0.406 e. The summed E-state index contributed by atoms with van der Waals surface area (Å²) >= 11 is 0. The maximum atomic E-state index is 14.0. The predicted octanol–water partition coefficient (Wildman–Crippen LogP) is 0.185. The highest BCUT2D eigenvalue weighted by Crippen LogP contribution is 2.29. The first-order valence-electron chi connectivity index (χ1n) is 15.1. The molecule has 7 atom stereocenters. The maximum Gasteiger partial charge on any atom is 0.573 e. The fraction of sp³-hybridized carbons (Fsp3) is 0.690. The molecule has 4 N–H and O–H groups in total. The molecule has 13 nitrogen and oxygen atoms in total. The Kier molecular flexibility index (Phi) is 10.1. The number of hydrogen-bond donors (Lipinski definition) is 4. The molecule has 4 aliphatic heterocycles. The average Bonchev–Trinajstić information content (AvgIpc) is 3.46. The van der Waals surface area contributed by atoms with Crippen molar-refractivity contribution in [3.05, 3.63) is 29.8 Å². The van der Waals surface area contributed by atoms with Crippen LogP contribution in [0.4, 0.5) is 18.0 Å². The predicted molar refractivity (Wildman–Crippen MR) is 151 cm³/mol. The van der Waals surface area contributed by atoms with E-state index in [-0.39, 0.29) is 63.3 Å². The lowest BCUT2D eigenvalue weighted by atomic mass is 10.0. The van der Waals surface area contributed by atoms with Gasteiger partial charge in [-0.2, -0.15) is 0 Å².